The summed E-state index contributed by atoms with van der Waals surface area (Å²) in [7, 11) is 0. The van der Waals surface area contributed by atoms with Gasteiger partial charge in [-0.1, -0.05) is 18.2 Å². The number of hydrogen-bond donors (Lipinski definition) is 3. The molecule has 0 saturated heterocycles. The third-order valence-corrected chi connectivity index (χ3v) is 3.06. The van der Waals surface area contributed by atoms with E-state index in [0.29, 0.717) is 5.75 Å². The van der Waals surface area contributed by atoms with Gasteiger partial charge in [0.2, 0.25) is 0 Å². The second-order valence-electron chi connectivity index (χ2n) is 2.94. The van der Waals surface area contributed by atoms with Gasteiger partial charge in [0.1, 0.15) is 5.84 Å². The zero-order valence-corrected chi connectivity index (χ0v) is 8.90. The van der Waals surface area contributed by atoms with Gasteiger partial charge in [-0.15, -0.1) is 11.8 Å². The highest BCUT2D eigenvalue weighted by Gasteiger charge is 2.07. The van der Waals surface area contributed by atoms with Crippen LogP contribution in [0.4, 0.5) is 0 Å². The summed E-state index contributed by atoms with van der Waals surface area (Å²) in [5.74, 6) is 0.708. The van der Waals surface area contributed by atoms with Gasteiger partial charge in [-0.3, -0.25) is 5.41 Å². The lowest BCUT2D eigenvalue weighted by Crippen LogP contribution is -2.13. The summed E-state index contributed by atoms with van der Waals surface area (Å²) in [6.07, 6.45) is 0. The van der Waals surface area contributed by atoms with Crippen molar-refractivity contribution >= 4 is 17.6 Å². The molecular weight excluding hydrogens is 196 g/mol. The molecule has 0 aliphatic rings. The van der Waals surface area contributed by atoms with Crippen LogP contribution in [0, 0.1) is 12.3 Å². The van der Waals surface area contributed by atoms with Gasteiger partial charge < -0.3 is 10.8 Å². The summed E-state index contributed by atoms with van der Waals surface area (Å²) >= 11 is 1.53. The third-order valence-electron chi connectivity index (χ3n) is 1.84. The topological polar surface area (TPSA) is 70.1 Å². The van der Waals surface area contributed by atoms with E-state index in [2.05, 4.69) is 0 Å². The molecule has 0 heterocycles. The number of thioether (sulfide) groups is 1. The second-order valence-corrected chi connectivity index (χ2v) is 4.04. The largest absolute Gasteiger partial charge is 0.396 e. The lowest BCUT2D eigenvalue weighted by molar-refractivity contribution is 0.322. The molecule has 0 aromatic heterocycles. The normalized spacial score (nSPS) is 10.1. The Morgan fingerprint density at radius 1 is 1.57 bits per heavy atom. The number of rotatable bonds is 4. The van der Waals surface area contributed by atoms with Crippen molar-refractivity contribution in [2.24, 2.45) is 5.73 Å². The average molecular weight is 210 g/mol. The summed E-state index contributed by atoms with van der Waals surface area (Å²) in [6, 6.07) is 5.69. The van der Waals surface area contributed by atoms with Crippen LogP contribution in [0.3, 0.4) is 0 Å². The maximum atomic E-state index is 8.74. The van der Waals surface area contributed by atoms with Crippen molar-refractivity contribution in [1.82, 2.24) is 0 Å². The molecule has 1 rings (SSSR count). The summed E-state index contributed by atoms with van der Waals surface area (Å²) in [5, 5.41) is 16.2. The molecule has 0 fully saturated rings. The van der Waals surface area contributed by atoms with E-state index in [4.69, 9.17) is 16.2 Å². The molecule has 0 aliphatic heterocycles. The Bertz CT molecular complexity index is 339. The predicted octanol–water partition coefficient (Wildman–Crippen LogP) is 1.36. The SMILES string of the molecule is Cc1cccc(C(=N)N)c1SCCO. The molecule has 1 aromatic rings. The number of aliphatic hydroxyl groups is 1. The summed E-state index contributed by atoms with van der Waals surface area (Å²) in [4.78, 5) is 0.994. The predicted molar refractivity (Wildman–Crippen MR) is 60.0 cm³/mol. The summed E-state index contributed by atoms with van der Waals surface area (Å²) in [6.45, 7) is 2.11. The van der Waals surface area contributed by atoms with Crippen molar-refractivity contribution in [1.29, 1.82) is 5.41 Å². The van der Waals surface area contributed by atoms with E-state index in [9.17, 15) is 0 Å². The van der Waals surface area contributed by atoms with Crippen molar-refractivity contribution in [3.05, 3.63) is 29.3 Å². The fraction of sp³-hybridized carbons (Fsp3) is 0.300. The number of nitrogen functional groups attached to an aromatic ring is 1. The van der Waals surface area contributed by atoms with E-state index in [0.717, 1.165) is 16.0 Å². The van der Waals surface area contributed by atoms with E-state index in [-0.39, 0.29) is 12.4 Å². The van der Waals surface area contributed by atoms with Gasteiger partial charge in [0, 0.05) is 16.2 Å². The molecule has 3 nitrogen and oxygen atoms in total. The average Bonchev–Trinajstić information content (AvgIpc) is 2.15. The van der Waals surface area contributed by atoms with Crippen LogP contribution >= 0.6 is 11.8 Å². The molecule has 0 bridgehead atoms. The van der Waals surface area contributed by atoms with Crippen LogP contribution < -0.4 is 5.73 Å². The Morgan fingerprint density at radius 2 is 2.29 bits per heavy atom. The Kier molecular flexibility index (Phi) is 3.98. The zero-order valence-electron chi connectivity index (χ0n) is 8.08. The number of benzene rings is 1. The first-order valence-electron chi connectivity index (χ1n) is 4.34. The molecule has 0 amide bonds. The molecule has 4 heteroatoms. The van der Waals surface area contributed by atoms with Crippen LogP contribution in [-0.4, -0.2) is 23.3 Å². The lowest BCUT2D eigenvalue weighted by Gasteiger charge is -2.09. The number of aliphatic hydroxyl groups excluding tert-OH is 1. The number of amidine groups is 1. The summed E-state index contributed by atoms with van der Waals surface area (Å²) in [5.41, 5.74) is 7.31. The molecule has 1 aromatic carbocycles. The molecule has 0 radical (unpaired) electrons. The Hall–Kier alpha value is -1.00. The lowest BCUT2D eigenvalue weighted by atomic mass is 10.1. The highest BCUT2D eigenvalue weighted by molar-refractivity contribution is 7.99. The Morgan fingerprint density at radius 3 is 2.86 bits per heavy atom. The zero-order chi connectivity index (χ0) is 10.6. The molecule has 0 aliphatic carbocycles. The van der Waals surface area contributed by atoms with Crippen molar-refractivity contribution in [3.8, 4) is 0 Å². The Labute approximate surface area is 87.8 Å². The van der Waals surface area contributed by atoms with Crippen molar-refractivity contribution < 1.29 is 5.11 Å². The van der Waals surface area contributed by atoms with Gasteiger partial charge in [0.25, 0.3) is 0 Å². The van der Waals surface area contributed by atoms with Crippen molar-refractivity contribution in [3.63, 3.8) is 0 Å². The fourth-order valence-electron chi connectivity index (χ4n) is 1.20. The van der Waals surface area contributed by atoms with Crippen molar-refractivity contribution in [2.45, 2.75) is 11.8 Å². The summed E-state index contributed by atoms with van der Waals surface area (Å²) < 4.78 is 0. The van der Waals surface area contributed by atoms with E-state index in [1.807, 2.05) is 25.1 Å². The first-order chi connectivity index (χ1) is 6.66. The van der Waals surface area contributed by atoms with Crippen LogP contribution in [0.1, 0.15) is 11.1 Å². The highest BCUT2D eigenvalue weighted by Crippen LogP contribution is 2.25. The van der Waals surface area contributed by atoms with Crippen LogP contribution in [0.15, 0.2) is 23.1 Å². The minimum atomic E-state index is 0.0779. The maximum absolute atomic E-state index is 8.74. The number of nitrogens with two attached hydrogens (primary N) is 1. The number of nitrogens with one attached hydrogen (secondary N) is 1. The Balaban J connectivity index is 3.02. The van der Waals surface area contributed by atoms with Gasteiger partial charge in [-0.25, -0.2) is 0 Å². The van der Waals surface area contributed by atoms with Crippen LogP contribution in [0.25, 0.3) is 0 Å². The van der Waals surface area contributed by atoms with Crippen LogP contribution in [0.2, 0.25) is 0 Å². The molecule has 4 N–H and O–H groups in total. The first-order valence-corrected chi connectivity index (χ1v) is 5.33. The van der Waals surface area contributed by atoms with Crippen LogP contribution in [0.5, 0.6) is 0 Å². The molecule has 0 unspecified atom stereocenters. The molecule has 14 heavy (non-hydrogen) atoms. The molecule has 76 valence electrons. The van der Waals surface area contributed by atoms with Gasteiger partial charge in [-0.2, -0.15) is 0 Å². The minimum Gasteiger partial charge on any atom is -0.396 e. The van der Waals surface area contributed by atoms with Gasteiger partial charge in [0.15, 0.2) is 0 Å². The van der Waals surface area contributed by atoms with E-state index in [1.54, 1.807) is 0 Å². The standard InChI is InChI=1S/C10H14N2OS/c1-7-3-2-4-8(10(11)12)9(7)14-6-5-13/h2-4,13H,5-6H2,1H3,(H3,11,12). The van der Waals surface area contributed by atoms with Crippen LogP contribution in [-0.2, 0) is 0 Å². The maximum Gasteiger partial charge on any atom is 0.123 e. The van der Waals surface area contributed by atoms with Gasteiger partial charge >= 0.3 is 0 Å². The number of aryl methyl sites for hydroxylation is 1. The second kappa shape index (κ2) is 5.02. The fourth-order valence-corrected chi connectivity index (χ4v) is 2.13. The van der Waals surface area contributed by atoms with E-state index < -0.39 is 0 Å². The van der Waals surface area contributed by atoms with E-state index in [1.165, 1.54) is 11.8 Å². The van der Waals surface area contributed by atoms with Crippen molar-refractivity contribution in [2.75, 3.05) is 12.4 Å². The molecular formula is C10H14N2OS. The number of hydrogen-bond acceptors (Lipinski definition) is 3. The molecule has 0 spiro atoms. The van der Waals surface area contributed by atoms with E-state index >= 15 is 0 Å². The quantitative estimate of drug-likeness (QED) is 0.399. The highest BCUT2D eigenvalue weighted by atomic mass is 32.2. The van der Waals surface area contributed by atoms with Gasteiger partial charge in [0.05, 0.1) is 6.61 Å². The van der Waals surface area contributed by atoms with Gasteiger partial charge in [-0.05, 0) is 12.5 Å². The third kappa shape index (κ3) is 2.49. The molecule has 0 saturated carbocycles. The first kappa shape index (κ1) is 11.1. The monoisotopic (exact) mass is 210 g/mol. The minimum absolute atomic E-state index is 0.0779. The smallest absolute Gasteiger partial charge is 0.123 e. The molecule has 0 atom stereocenters.